The number of aromatic nitrogens is 4. The van der Waals surface area contributed by atoms with Crippen LogP contribution in [0.4, 0.5) is 0 Å². The van der Waals surface area contributed by atoms with Gasteiger partial charge < -0.3 is 4.98 Å². The zero-order chi connectivity index (χ0) is 12.7. The van der Waals surface area contributed by atoms with E-state index in [1.54, 1.807) is 36.0 Å². The summed E-state index contributed by atoms with van der Waals surface area (Å²) >= 11 is 0. The monoisotopic (exact) mass is 242 g/mol. The van der Waals surface area contributed by atoms with E-state index in [-0.39, 0.29) is 11.1 Å². The van der Waals surface area contributed by atoms with Crippen LogP contribution in [0.3, 0.4) is 0 Å². The van der Waals surface area contributed by atoms with Gasteiger partial charge in [-0.05, 0) is 12.1 Å². The van der Waals surface area contributed by atoms with E-state index < -0.39 is 0 Å². The lowest BCUT2D eigenvalue weighted by atomic mass is 10.4. The quantitative estimate of drug-likeness (QED) is 0.671. The predicted octanol–water partition coefficient (Wildman–Crippen LogP) is 0.412. The minimum atomic E-state index is -0.195. The van der Waals surface area contributed by atoms with E-state index in [0.29, 0.717) is 16.9 Å². The highest BCUT2D eigenvalue weighted by molar-refractivity contribution is 5.76. The molecule has 0 bridgehead atoms. The zero-order valence-corrected chi connectivity index (χ0v) is 9.62. The summed E-state index contributed by atoms with van der Waals surface area (Å²) in [4.78, 5) is 29.9. The van der Waals surface area contributed by atoms with Gasteiger partial charge in [-0.25, -0.2) is 4.98 Å². The maximum absolute atomic E-state index is 11.6. The Kier molecular flexibility index (Phi) is 2.16. The van der Waals surface area contributed by atoms with Gasteiger partial charge in [0.2, 0.25) is 0 Å². The molecule has 0 aromatic carbocycles. The van der Waals surface area contributed by atoms with Crippen molar-refractivity contribution in [3.05, 3.63) is 57.5 Å². The first kappa shape index (κ1) is 10.5. The summed E-state index contributed by atoms with van der Waals surface area (Å²) in [5, 5.41) is 0.494. The van der Waals surface area contributed by atoms with Crippen LogP contribution in [0, 0.1) is 0 Å². The number of nitrogens with one attached hydrogen (secondary N) is 1. The molecule has 0 amide bonds. The van der Waals surface area contributed by atoms with Crippen LogP contribution in [0.1, 0.15) is 0 Å². The summed E-state index contributed by atoms with van der Waals surface area (Å²) in [7, 11) is 1.68. The molecule has 0 radical (unpaired) electrons. The highest BCUT2D eigenvalue weighted by atomic mass is 16.1. The van der Waals surface area contributed by atoms with Crippen LogP contribution in [-0.2, 0) is 7.05 Å². The first-order valence-corrected chi connectivity index (χ1v) is 5.39. The van der Waals surface area contributed by atoms with Crippen molar-refractivity contribution in [3.8, 4) is 5.82 Å². The molecule has 3 aromatic rings. The minimum absolute atomic E-state index is 0.112. The standard InChI is InChI=1S/C12H10N4O2/c1-15-9(3-2-4-10(15)17)16-6-5-8-11(16)13-7-14-12(8)18/h2-7H,1H3,(H,13,14,18). The Hall–Kier alpha value is -2.63. The van der Waals surface area contributed by atoms with Gasteiger partial charge in [0, 0.05) is 19.3 Å². The number of fused-ring (bicyclic) bond motifs is 1. The van der Waals surface area contributed by atoms with Crippen molar-refractivity contribution in [3.63, 3.8) is 0 Å². The number of nitrogens with zero attached hydrogens (tertiary/aromatic N) is 3. The van der Waals surface area contributed by atoms with Crippen molar-refractivity contribution in [2.45, 2.75) is 0 Å². The summed E-state index contributed by atoms with van der Waals surface area (Å²) in [6.07, 6.45) is 3.07. The third-order valence-corrected chi connectivity index (χ3v) is 2.89. The van der Waals surface area contributed by atoms with E-state index in [4.69, 9.17) is 0 Å². The van der Waals surface area contributed by atoms with Gasteiger partial charge in [-0.15, -0.1) is 0 Å². The molecule has 0 atom stereocenters. The molecule has 90 valence electrons. The Morgan fingerprint density at radius 3 is 2.89 bits per heavy atom. The molecule has 3 aromatic heterocycles. The van der Waals surface area contributed by atoms with E-state index in [2.05, 4.69) is 9.97 Å². The molecular formula is C12H10N4O2. The van der Waals surface area contributed by atoms with E-state index in [0.717, 1.165) is 0 Å². The fraction of sp³-hybridized carbons (Fsp3) is 0.0833. The van der Waals surface area contributed by atoms with Crippen molar-refractivity contribution >= 4 is 11.0 Å². The summed E-state index contributed by atoms with van der Waals surface area (Å²) in [6, 6.07) is 6.63. The maximum Gasteiger partial charge on any atom is 0.260 e. The van der Waals surface area contributed by atoms with Gasteiger partial charge in [0.05, 0.1) is 11.7 Å². The number of aromatic amines is 1. The van der Waals surface area contributed by atoms with Crippen LogP contribution in [-0.4, -0.2) is 19.1 Å². The van der Waals surface area contributed by atoms with Crippen LogP contribution in [0.2, 0.25) is 0 Å². The molecule has 6 nitrogen and oxygen atoms in total. The fourth-order valence-electron chi connectivity index (χ4n) is 1.94. The third-order valence-electron chi connectivity index (χ3n) is 2.89. The normalized spacial score (nSPS) is 10.9. The second kappa shape index (κ2) is 3.69. The van der Waals surface area contributed by atoms with Crippen molar-refractivity contribution in [2.75, 3.05) is 0 Å². The molecule has 0 spiro atoms. The Balaban J connectivity index is 2.40. The van der Waals surface area contributed by atoms with Crippen molar-refractivity contribution < 1.29 is 0 Å². The van der Waals surface area contributed by atoms with Gasteiger partial charge in [0.15, 0.2) is 5.65 Å². The van der Waals surface area contributed by atoms with Crippen molar-refractivity contribution in [1.29, 1.82) is 0 Å². The van der Waals surface area contributed by atoms with Gasteiger partial charge in [0.25, 0.3) is 11.1 Å². The lowest BCUT2D eigenvalue weighted by Crippen LogP contribution is -2.19. The molecule has 0 aliphatic rings. The van der Waals surface area contributed by atoms with Crippen LogP contribution < -0.4 is 11.1 Å². The third kappa shape index (κ3) is 1.39. The molecule has 0 aliphatic heterocycles. The highest BCUT2D eigenvalue weighted by Crippen LogP contribution is 2.13. The molecule has 0 aliphatic carbocycles. The molecule has 6 heteroatoms. The zero-order valence-electron chi connectivity index (χ0n) is 9.62. The first-order valence-electron chi connectivity index (χ1n) is 5.39. The lowest BCUT2D eigenvalue weighted by Gasteiger charge is -2.09. The number of hydrogen-bond acceptors (Lipinski definition) is 3. The summed E-state index contributed by atoms with van der Waals surface area (Å²) in [5.41, 5.74) is 0.221. The van der Waals surface area contributed by atoms with Gasteiger partial charge in [0.1, 0.15) is 5.82 Å². The fourth-order valence-corrected chi connectivity index (χ4v) is 1.94. The molecule has 3 rings (SSSR count). The second-order valence-electron chi connectivity index (χ2n) is 3.94. The van der Waals surface area contributed by atoms with E-state index in [9.17, 15) is 9.59 Å². The average Bonchev–Trinajstić information content (AvgIpc) is 2.78. The second-order valence-corrected chi connectivity index (χ2v) is 3.94. The molecule has 0 unspecified atom stereocenters. The molecule has 3 heterocycles. The topological polar surface area (TPSA) is 72.7 Å². The highest BCUT2D eigenvalue weighted by Gasteiger charge is 2.09. The number of hydrogen-bond donors (Lipinski definition) is 1. The number of rotatable bonds is 1. The van der Waals surface area contributed by atoms with Gasteiger partial charge in [-0.3, -0.25) is 18.7 Å². The Morgan fingerprint density at radius 2 is 2.06 bits per heavy atom. The Morgan fingerprint density at radius 1 is 1.22 bits per heavy atom. The van der Waals surface area contributed by atoms with Gasteiger partial charge in [-0.1, -0.05) is 6.07 Å². The van der Waals surface area contributed by atoms with E-state index in [1.807, 2.05) is 0 Å². The molecule has 0 fully saturated rings. The summed E-state index contributed by atoms with van der Waals surface area (Å²) in [5.74, 6) is 0.663. The first-order chi connectivity index (χ1) is 8.68. The van der Waals surface area contributed by atoms with Crippen LogP contribution >= 0.6 is 0 Å². The van der Waals surface area contributed by atoms with Crippen molar-refractivity contribution in [2.24, 2.45) is 7.05 Å². The Labute approximate surface area is 101 Å². The number of pyridine rings is 1. The smallest absolute Gasteiger partial charge is 0.260 e. The summed E-state index contributed by atoms with van der Waals surface area (Å²) in [6.45, 7) is 0. The average molecular weight is 242 g/mol. The van der Waals surface area contributed by atoms with Crippen LogP contribution in [0.15, 0.2) is 46.4 Å². The van der Waals surface area contributed by atoms with Crippen LogP contribution in [0.25, 0.3) is 16.9 Å². The molecule has 0 saturated carbocycles. The van der Waals surface area contributed by atoms with Crippen LogP contribution in [0.5, 0.6) is 0 Å². The van der Waals surface area contributed by atoms with Crippen molar-refractivity contribution in [1.82, 2.24) is 19.1 Å². The SMILES string of the molecule is Cn1c(-n2ccc3c(=O)[nH]cnc32)cccc1=O. The minimum Gasteiger partial charge on any atom is -0.313 e. The maximum atomic E-state index is 11.6. The largest absolute Gasteiger partial charge is 0.313 e. The lowest BCUT2D eigenvalue weighted by molar-refractivity contribution is 0.801. The number of H-pyrrole nitrogens is 1. The molecule has 0 saturated heterocycles. The van der Waals surface area contributed by atoms with E-state index >= 15 is 0 Å². The molecule has 18 heavy (non-hydrogen) atoms. The van der Waals surface area contributed by atoms with Gasteiger partial charge >= 0.3 is 0 Å². The molecule has 1 N–H and O–H groups in total. The summed E-state index contributed by atoms with van der Waals surface area (Å²) < 4.78 is 3.22. The van der Waals surface area contributed by atoms with E-state index in [1.165, 1.54) is 17.0 Å². The predicted molar refractivity (Wildman–Crippen MR) is 66.9 cm³/mol. The Bertz CT molecular complexity index is 841. The van der Waals surface area contributed by atoms with Gasteiger partial charge in [-0.2, -0.15) is 0 Å². The molecular weight excluding hydrogens is 232 g/mol.